The number of phenols is 2. The van der Waals surface area contributed by atoms with Gasteiger partial charge in [0.25, 0.3) is 0 Å². The predicted molar refractivity (Wildman–Crippen MR) is 230 cm³/mol. The molecule has 3 amide bonds. The second-order valence-corrected chi connectivity index (χ2v) is 16.0. The molecule has 0 radical (unpaired) electrons. The number of aromatic hydroxyl groups is 2. The molecule has 1 aliphatic heterocycles. The summed E-state index contributed by atoms with van der Waals surface area (Å²) in [6.07, 6.45) is 1.32. The Kier molecular flexibility index (Phi) is 15.4. The maximum Gasteiger partial charge on any atom is 0.243 e. The third-order valence-corrected chi connectivity index (χ3v) is 11.4. The van der Waals surface area contributed by atoms with Crippen molar-refractivity contribution in [2.24, 2.45) is 17.6 Å². The molecule has 5 atom stereocenters. The zero-order chi connectivity index (χ0) is 43.7. The molecule has 0 unspecified atom stereocenters. The monoisotopic (exact) mass is 836 g/mol. The van der Waals surface area contributed by atoms with Gasteiger partial charge in [-0.15, -0.1) is 0 Å². The minimum atomic E-state index is -1.27. The number of phenolic OH excluding ortho intramolecular Hbond substituents is 2. The van der Waals surface area contributed by atoms with Crippen LogP contribution >= 0.6 is 11.6 Å². The van der Waals surface area contributed by atoms with Gasteiger partial charge >= 0.3 is 0 Å². The van der Waals surface area contributed by atoms with Crippen molar-refractivity contribution in [3.63, 3.8) is 0 Å². The van der Waals surface area contributed by atoms with E-state index in [-0.39, 0.29) is 53.5 Å². The van der Waals surface area contributed by atoms with Gasteiger partial charge < -0.3 is 31.5 Å². The SMILES string of the molecule is CC[C@H](NC(=O)[C@@H]1Cc2ccc(O)c(c2)-c2cc(ccc2O)[C@H](N(C)C(=O)[C@H](CCCCN)CC(=O)c2ccc(-c3ccc(Cl)cc3)cc2)C(=O)C[C@@H](C)C(=O)N1)C(C)=O. The van der Waals surface area contributed by atoms with Gasteiger partial charge in [0.1, 0.15) is 23.6 Å². The molecule has 4 aromatic carbocycles. The molecule has 0 aliphatic carbocycles. The number of nitrogens with two attached hydrogens (primary N) is 1. The van der Waals surface area contributed by atoms with Crippen LogP contribution in [0.15, 0.2) is 84.9 Å². The Hall–Kier alpha value is -5.85. The van der Waals surface area contributed by atoms with Gasteiger partial charge in [0, 0.05) is 59.9 Å². The Bertz CT molecular complexity index is 2230. The molecular weight excluding hydrogens is 784 g/mol. The fourth-order valence-corrected chi connectivity index (χ4v) is 7.74. The fraction of sp³-hybridized carbons (Fsp3) is 0.362. The normalized spacial score (nSPS) is 17.7. The molecule has 0 aromatic heterocycles. The second-order valence-electron chi connectivity index (χ2n) is 15.6. The first-order chi connectivity index (χ1) is 28.6. The molecule has 316 valence electrons. The van der Waals surface area contributed by atoms with Crippen molar-refractivity contribution >= 4 is 46.7 Å². The van der Waals surface area contributed by atoms with Crippen LogP contribution in [0.5, 0.6) is 11.5 Å². The highest BCUT2D eigenvalue weighted by atomic mass is 35.5. The van der Waals surface area contributed by atoms with Gasteiger partial charge in [-0.05, 0) is 91.4 Å². The van der Waals surface area contributed by atoms with Crippen molar-refractivity contribution in [3.05, 3.63) is 107 Å². The second kappa shape index (κ2) is 20.4. The molecule has 6 N–H and O–H groups in total. The van der Waals surface area contributed by atoms with Crippen molar-refractivity contribution in [1.82, 2.24) is 15.5 Å². The van der Waals surface area contributed by atoms with Crippen LogP contribution in [0, 0.1) is 11.8 Å². The Morgan fingerprint density at radius 3 is 2.12 bits per heavy atom. The summed E-state index contributed by atoms with van der Waals surface area (Å²) < 4.78 is 0. The number of hydrogen-bond acceptors (Lipinski definition) is 9. The Balaban J connectivity index is 1.50. The van der Waals surface area contributed by atoms with Crippen LogP contribution in [0.3, 0.4) is 0 Å². The Labute approximate surface area is 355 Å². The topological polar surface area (TPSA) is 196 Å². The summed E-state index contributed by atoms with van der Waals surface area (Å²) in [6, 6.07) is 20.2. The van der Waals surface area contributed by atoms with Gasteiger partial charge in [-0.1, -0.05) is 80.4 Å². The van der Waals surface area contributed by atoms with E-state index in [0.29, 0.717) is 53.9 Å². The van der Waals surface area contributed by atoms with E-state index in [9.17, 15) is 39.0 Å². The molecule has 4 aromatic rings. The number of nitrogens with zero attached hydrogens (tertiary/aromatic N) is 1. The number of amides is 3. The first kappa shape index (κ1) is 45.2. The molecule has 0 saturated carbocycles. The highest BCUT2D eigenvalue weighted by Crippen LogP contribution is 2.39. The number of hydrogen-bond donors (Lipinski definition) is 5. The maximum absolute atomic E-state index is 14.6. The number of fused-ring (bicyclic) bond motifs is 5. The number of unbranched alkanes of at least 4 members (excludes halogenated alkanes) is 1. The van der Waals surface area contributed by atoms with E-state index in [2.05, 4.69) is 10.6 Å². The number of likely N-dealkylation sites (N-methyl/N-ethyl adjacent to an activating group) is 1. The van der Waals surface area contributed by atoms with Crippen LogP contribution in [0.25, 0.3) is 22.3 Å². The number of ketones is 3. The highest BCUT2D eigenvalue weighted by Gasteiger charge is 2.36. The van der Waals surface area contributed by atoms with Crippen molar-refractivity contribution < 1.29 is 39.0 Å². The van der Waals surface area contributed by atoms with Gasteiger partial charge in [-0.3, -0.25) is 28.8 Å². The minimum absolute atomic E-state index is 0.0308. The third-order valence-electron chi connectivity index (χ3n) is 11.1. The van der Waals surface area contributed by atoms with E-state index < -0.39 is 53.5 Å². The molecule has 0 saturated heterocycles. The molecule has 5 rings (SSSR count). The average molecular weight is 837 g/mol. The van der Waals surface area contributed by atoms with Gasteiger partial charge in [0.15, 0.2) is 17.3 Å². The van der Waals surface area contributed by atoms with Crippen molar-refractivity contribution in [1.29, 1.82) is 0 Å². The van der Waals surface area contributed by atoms with Gasteiger partial charge in [-0.25, -0.2) is 0 Å². The van der Waals surface area contributed by atoms with Crippen LogP contribution in [0.4, 0.5) is 0 Å². The number of halogens is 1. The van der Waals surface area contributed by atoms with E-state index in [0.717, 1.165) is 11.1 Å². The molecule has 1 heterocycles. The van der Waals surface area contributed by atoms with Crippen LogP contribution in [0.1, 0.15) is 86.8 Å². The summed E-state index contributed by atoms with van der Waals surface area (Å²) >= 11 is 6.05. The summed E-state index contributed by atoms with van der Waals surface area (Å²) in [7, 11) is 1.48. The number of Topliss-reactive ketones (excluding diaryl/α,β-unsaturated/α-hetero) is 3. The fourth-order valence-electron chi connectivity index (χ4n) is 7.62. The van der Waals surface area contributed by atoms with Crippen molar-refractivity contribution in [2.75, 3.05) is 13.6 Å². The molecule has 12 nitrogen and oxygen atoms in total. The smallest absolute Gasteiger partial charge is 0.243 e. The lowest BCUT2D eigenvalue weighted by Crippen LogP contribution is -2.53. The average Bonchev–Trinajstić information content (AvgIpc) is 3.23. The largest absolute Gasteiger partial charge is 0.507 e. The van der Waals surface area contributed by atoms with Crippen molar-refractivity contribution in [2.45, 2.75) is 83.8 Å². The molecule has 13 heteroatoms. The maximum atomic E-state index is 14.6. The standard InChI is InChI=1S/C47H53ClN4O8/c1-5-38(28(3)53)50-46(59)39-24-29-9-19-40(54)36(23-29)37-25-33(16-20-41(37)55)44(43(57)22-27(2)45(58)51-39)52(4)47(60)34(8-6-7-21-49)26-42(56)32-12-10-30(11-13-32)31-14-17-35(48)18-15-31/h9-20,23,25,27,34,38-39,44,54-55H,5-8,21-22,24,26,49H2,1-4H3,(H,50,59)(H,51,58)/t27-,34-,38+,39+,44+/m1/s1. The highest BCUT2D eigenvalue weighted by molar-refractivity contribution is 6.30. The zero-order valence-electron chi connectivity index (χ0n) is 34.4. The van der Waals surface area contributed by atoms with Gasteiger partial charge in [-0.2, -0.15) is 0 Å². The van der Waals surface area contributed by atoms with Crippen LogP contribution in [-0.4, -0.2) is 75.9 Å². The summed E-state index contributed by atoms with van der Waals surface area (Å²) in [4.78, 5) is 83.8. The van der Waals surface area contributed by atoms with E-state index in [4.69, 9.17) is 17.3 Å². The van der Waals surface area contributed by atoms with E-state index in [1.165, 1.54) is 43.1 Å². The summed E-state index contributed by atoms with van der Waals surface area (Å²) in [5.74, 6) is -4.89. The molecule has 0 spiro atoms. The lowest BCUT2D eigenvalue weighted by Gasteiger charge is -2.32. The number of carbonyl (C=O) groups excluding carboxylic acids is 6. The molecular formula is C47H53ClN4O8. The Morgan fingerprint density at radius 1 is 0.883 bits per heavy atom. The van der Waals surface area contributed by atoms with Crippen molar-refractivity contribution in [3.8, 4) is 33.8 Å². The number of carbonyl (C=O) groups is 6. The number of benzene rings is 4. The quantitative estimate of drug-likeness (QED) is 0.0677. The predicted octanol–water partition coefficient (Wildman–Crippen LogP) is 6.72. The molecule has 4 bridgehead atoms. The summed E-state index contributed by atoms with van der Waals surface area (Å²) in [5, 5.41) is 28.3. The summed E-state index contributed by atoms with van der Waals surface area (Å²) in [5.41, 5.74) is 9.23. The lowest BCUT2D eigenvalue weighted by molar-refractivity contribution is -0.142. The van der Waals surface area contributed by atoms with E-state index in [1.807, 2.05) is 24.3 Å². The number of nitrogens with one attached hydrogen (secondary N) is 2. The van der Waals surface area contributed by atoms with Crippen LogP contribution < -0.4 is 16.4 Å². The molecule has 60 heavy (non-hydrogen) atoms. The van der Waals surface area contributed by atoms with Gasteiger partial charge in [0.2, 0.25) is 17.7 Å². The zero-order valence-corrected chi connectivity index (χ0v) is 35.1. The Morgan fingerprint density at radius 2 is 1.50 bits per heavy atom. The van der Waals surface area contributed by atoms with Gasteiger partial charge in [0.05, 0.1) is 6.04 Å². The van der Waals surface area contributed by atoms with Crippen LogP contribution in [0.2, 0.25) is 5.02 Å². The third kappa shape index (κ3) is 11.0. The first-order valence-corrected chi connectivity index (χ1v) is 20.6. The molecule has 1 aliphatic rings. The molecule has 0 fully saturated rings. The van der Waals surface area contributed by atoms with E-state index >= 15 is 0 Å². The number of rotatable bonds is 14. The minimum Gasteiger partial charge on any atom is -0.507 e. The summed E-state index contributed by atoms with van der Waals surface area (Å²) in [6.45, 7) is 5.05. The first-order valence-electron chi connectivity index (χ1n) is 20.3. The van der Waals surface area contributed by atoms with Crippen LogP contribution in [-0.2, 0) is 30.4 Å². The van der Waals surface area contributed by atoms with E-state index in [1.54, 1.807) is 50.2 Å². The lowest BCUT2D eigenvalue weighted by atomic mass is 9.88.